The van der Waals surface area contributed by atoms with Gasteiger partial charge in [0.2, 0.25) is 0 Å². The Hall–Kier alpha value is -1.97. The molecule has 1 saturated heterocycles. The number of benzene rings is 1. The smallest absolute Gasteiger partial charge is 0.417 e. The van der Waals surface area contributed by atoms with E-state index in [1.165, 1.54) is 11.9 Å². The minimum absolute atomic E-state index is 0.0159. The summed E-state index contributed by atoms with van der Waals surface area (Å²) in [6.45, 7) is 4.34. The monoisotopic (exact) mass is 445 g/mol. The number of aryl methyl sites for hydroxylation is 1. The summed E-state index contributed by atoms with van der Waals surface area (Å²) in [7, 11) is 0. The Bertz CT molecular complexity index is 903. The zero-order valence-corrected chi connectivity index (χ0v) is 17.1. The summed E-state index contributed by atoms with van der Waals surface area (Å²) >= 11 is 7.57. The van der Waals surface area contributed by atoms with E-state index in [0.717, 1.165) is 28.3 Å². The number of piperazine rings is 1. The van der Waals surface area contributed by atoms with Crippen LogP contribution >= 0.6 is 23.5 Å². The Balaban J connectivity index is 1.62. The number of carbonyl (C=O) groups is 1. The number of hydrogen-bond acceptors (Lipinski definition) is 5. The van der Waals surface area contributed by atoms with Crippen LogP contribution in [0.4, 0.5) is 19.0 Å². The van der Waals surface area contributed by atoms with Crippen LogP contribution in [0.5, 0.6) is 0 Å². The second-order valence-electron chi connectivity index (χ2n) is 6.69. The van der Waals surface area contributed by atoms with E-state index in [1.54, 1.807) is 0 Å². The predicted molar refractivity (Wildman–Crippen MR) is 106 cm³/mol. The molecule has 0 spiro atoms. The number of pyridine rings is 1. The molecule has 0 saturated carbocycles. The molecule has 1 aromatic heterocycles. The number of anilines is 1. The number of carboxylic acids is 1. The standard InChI is InChI=1S/C19H19ClF3N3O2S/c1-12-2-3-15(8-13(12)9-17(27)28)29-26-6-4-25(5-7-26)18-16(20)10-14(11-24-18)19(21,22)23/h2-3,8,10-11H,4-7,9H2,1H3,(H,27,28). The summed E-state index contributed by atoms with van der Waals surface area (Å²) < 4.78 is 40.4. The SMILES string of the molecule is Cc1ccc(SN2CCN(c3ncc(C(F)(F)F)cc3Cl)CC2)cc1CC(=O)O. The van der Waals surface area contributed by atoms with Crippen LogP contribution in [0.25, 0.3) is 0 Å². The highest BCUT2D eigenvalue weighted by Gasteiger charge is 2.32. The average molecular weight is 446 g/mol. The third-order valence-electron chi connectivity index (χ3n) is 4.58. The minimum Gasteiger partial charge on any atom is -0.481 e. The van der Waals surface area contributed by atoms with Crippen LogP contribution < -0.4 is 4.90 Å². The first-order valence-corrected chi connectivity index (χ1v) is 10.0. The van der Waals surface area contributed by atoms with Crippen molar-refractivity contribution in [3.63, 3.8) is 0 Å². The maximum Gasteiger partial charge on any atom is 0.417 e. The molecule has 1 fully saturated rings. The molecule has 0 bridgehead atoms. The number of rotatable bonds is 5. The quantitative estimate of drug-likeness (QED) is 0.683. The summed E-state index contributed by atoms with van der Waals surface area (Å²) in [4.78, 5) is 17.7. The Morgan fingerprint density at radius 3 is 2.52 bits per heavy atom. The zero-order chi connectivity index (χ0) is 21.2. The van der Waals surface area contributed by atoms with E-state index < -0.39 is 17.7 Å². The van der Waals surface area contributed by atoms with Crippen LogP contribution in [0.2, 0.25) is 5.02 Å². The first kappa shape index (κ1) is 21.7. The van der Waals surface area contributed by atoms with Crippen molar-refractivity contribution in [2.75, 3.05) is 31.1 Å². The van der Waals surface area contributed by atoms with Crippen molar-refractivity contribution in [1.82, 2.24) is 9.29 Å². The molecule has 1 aliphatic rings. The maximum atomic E-state index is 12.8. The van der Waals surface area contributed by atoms with Crippen molar-refractivity contribution in [1.29, 1.82) is 0 Å². The zero-order valence-electron chi connectivity index (χ0n) is 15.5. The van der Waals surface area contributed by atoms with Crippen LogP contribution in [0.15, 0.2) is 35.4 Å². The average Bonchev–Trinajstić information content (AvgIpc) is 2.64. The molecule has 29 heavy (non-hydrogen) atoms. The number of aromatic nitrogens is 1. The molecule has 2 aromatic rings. The molecule has 0 radical (unpaired) electrons. The topological polar surface area (TPSA) is 56.7 Å². The number of hydrogen-bond donors (Lipinski definition) is 1. The lowest BCUT2D eigenvalue weighted by atomic mass is 10.1. The number of nitrogens with zero attached hydrogens (tertiary/aromatic N) is 3. The summed E-state index contributed by atoms with van der Waals surface area (Å²) in [5.41, 5.74) is 0.850. The number of aliphatic carboxylic acids is 1. The fraction of sp³-hybridized carbons (Fsp3) is 0.368. The lowest BCUT2D eigenvalue weighted by molar-refractivity contribution is -0.138. The molecule has 156 valence electrons. The van der Waals surface area contributed by atoms with Gasteiger partial charge in [0.15, 0.2) is 0 Å². The van der Waals surface area contributed by atoms with Gasteiger partial charge in [-0.05, 0) is 48.2 Å². The van der Waals surface area contributed by atoms with Crippen LogP contribution in [0.3, 0.4) is 0 Å². The Labute approximate surface area is 175 Å². The van der Waals surface area contributed by atoms with Gasteiger partial charge in [0.25, 0.3) is 0 Å². The largest absolute Gasteiger partial charge is 0.481 e. The van der Waals surface area contributed by atoms with Gasteiger partial charge in [0.05, 0.1) is 17.0 Å². The molecule has 1 aliphatic heterocycles. The summed E-state index contributed by atoms with van der Waals surface area (Å²) in [6, 6.07) is 6.64. The van der Waals surface area contributed by atoms with Crippen molar-refractivity contribution in [2.45, 2.75) is 24.4 Å². The van der Waals surface area contributed by atoms with Crippen LogP contribution in [0, 0.1) is 6.92 Å². The van der Waals surface area contributed by atoms with Crippen LogP contribution in [-0.4, -0.2) is 46.5 Å². The number of carboxylic acid groups (broad SMARTS) is 1. The number of halogens is 4. The molecule has 0 aliphatic carbocycles. The fourth-order valence-corrected chi connectivity index (χ4v) is 4.27. The van der Waals surface area contributed by atoms with E-state index in [4.69, 9.17) is 16.7 Å². The number of alkyl halides is 3. The minimum atomic E-state index is -4.47. The molecular weight excluding hydrogens is 427 g/mol. The summed E-state index contributed by atoms with van der Waals surface area (Å²) in [5, 5.41) is 9.01. The van der Waals surface area contributed by atoms with E-state index >= 15 is 0 Å². The lowest BCUT2D eigenvalue weighted by Gasteiger charge is -2.35. The molecule has 3 rings (SSSR count). The van der Waals surface area contributed by atoms with Crippen LogP contribution in [0.1, 0.15) is 16.7 Å². The van der Waals surface area contributed by atoms with Gasteiger partial charge in [-0.1, -0.05) is 17.7 Å². The lowest BCUT2D eigenvalue weighted by Crippen LogP contribution is -2.44. The third-order valence-corrected chi connectivity index (χ3v) is 5.95. The second kappa shape index (κ2) is 8.81. The van der Waals surface area contributed by atoms with Gasteiger partial charge in [-0.3, -0.25) is 4.79 Å². The van der Waals surface area contributed by atoms with E-state index in [9.17, 15) is 18.0 Å². The van der Waals surface area contributed by atoms with Crippen molar-refractivity contribution in [3.8, 4) is 0 Å². The highest BCUT2D eigenvalue weighted by molar-refractivity contribution is 7.97. The first-order valence-electron chi connectivity index (χ1n) is 8.85. The van der Waals surface area contributed by atoms with Gasteiger partial charge in [0, 0.05) is 37.3 Å². The van der Waals surface area contributed by atoms with Gasteiger partial charge in [-0.15, -0.1) is 0 Å². The van der Waals surface area contributed by atoms with Gasteiger partial charge in [0.1, 0.15) is 5.82 Å². The van der Waals surface area contributed by atoms with Gasteiger partial charge in [-0.2, -0.15) is 13.2 Å². The molecule has 10 heteroatoms. The highest BCUT2D eigenvalue weighted by Crippen LogP contribution is 2.34. The van der Waals surface area contributed by atoms with E-state index in [-0.39, 0.29) is 11.4 Å². The van der Waals surface area contributed by atoms with Crippen molar-refractivity contribution < 1.29 is 23.1 Å². The van der Waals surface area contributed by atoms with Crippen LogP contribution in [-0.2, 0) is 17.4 Å². The normalized spacial score (nSPS) is 15.6. The fourth-order valence-electron chi connectivity index (χ4n) is 3.02. The predicted octanol–water partition coefficient (Wildman–Crippen LogP) is 4.52. The molecule has 1 aromatic carbocycles. The van der Waals surface area contributed by atoms with Crippen molar-refractivity contribution in [2.24, 2.45) is 0 Å². The van der Waals surface area contributed by atoms with Gasteiger partial charge < -0.3 is 10.0 Å². The molecule has 5 nitrogen and oxygen atoms in total. The Morgan fingerprint density at radius 1 is 1.24 bits per heavy atom. The Kier molecular flexibility index (Phi) is 6.60. The van der Waals surface area contributed by atoms with Crippen molar-refractivity contribution >= 4 is 35.3 Å². The van der Waals surface area contributed by atoms with E-state index in [2.05, 4.69) is 9.29 Å². The van der Waals surface area contributed by atoms with Gasteiger partial charge >= 0.3 is 12.1 Å². The molecule has 2 heterocycles. The van der Waals surface area contributed by atoms with Gasteiger partial charge in [-0.25, -0.2) is 9.29 Å². The maximum absolute atomic E-state index is 12.8. The van der Waals surface area contributed by atoms with E-state index in [0.29, 0.717) is 32.0 Å². The molecule has 0 amide bonds. The summed E-state index contributed by atoms with van der Waals surface area (Å²) in [5.74, 6) is -0.520. The molecule has 0 atom stereocenters. The van der Waals surface area contributed by atoms with E-state index in [1.807, 2.05) is 30.0 Å². The second-order valence-corrected chi connectivity index (χ2v) is 8.27. The van der Waals surface area contributed by atoms with Crippen molar-refractivity contribution in [3.05, 3.63) is 52.2 Å². The summed E-state index contributed by atoms with van der Waals surface area (Å²) in [6.07, 6.45) is -3.69. The third kappa shape index (κ3) is 5.55. The Morgan fingerprint density at radius 2 is 1.93 bits per heavy atom. The molecule has 1 N–H and O–H groups in total. The first-order chi connectivity index (χ1) is 13.6. The molecule has 0 unspecified atom stereocenters. The molecular formula is C19H19ClF3N3O2S. The highest BCUT2D eigenvalue weighted by atomic mass is 35.5.